The van der Waals surface area contributed by atoms with E-state index in [1.165, 1.54) is 0 Å². The minimum Gasteiger partial charge on any atom is -0.319 e. The number of aryl methyl sites for hydroxylation is 1. The molecule has 1 aromatic carbocycles. The molecular weight excluding hydrogens is 242 g/mol. The van der Waals surface area contributed by atoms with E-state index in [0.717, 1.165) is 24.2 Å². The fourth-order valence-corrected chi connectivity index (χ4v) is 1.71. The molecule has 0 fully saturated rings. The number of hydrogen-bond donors (Lipinski definition) is 3. The lowest BCUT2D eigenvalue weighted by molar-refractivity contribution is 0.101. The summed E-state index contributed by atoms with van der Waals surface area (Å²) in [6, 6.07) is 7.65. The summed E-state index contributed by atoms with van der Waals surface area (Å²) >= 11 is 0. The maximum Gasteiger partial charge on any atom is 0.295 e. The molecule has 0 saturated heterocycles. The summed E-state index contributed by atoms with van der Waals surface area (Å²) in [5.74, 6) is 0.558. The molecule has 100 valence electrons. The number of carbonyl (C=O) groups excluding carboxylic acids is 1. The number of hydrogen-bond acceptors (Lipinski definition) is 4. The molecule has 1 aromatic heterocycles. The van der Waals surface area contributed by atoms with Crippen LogP contribution >= 0.6 is 0 Å². The van der Waals surface area contributed by atoms with Crippen molar-refractivity contribution in [1.29, 1.82) is 0 Å². The van der Waals surface area contributed by atoms with Crippen LogP contribution in [0.25, 0.3) is 0 Å². The van der Waals surface area contributed by atoms with E-state index in [1.807, 2.05) is 38.2 Å². The molecule has 0 spiro atoms. The topological polar surface area (TPSA) is 82.7 Å². The third-order valence-electron chi connectivity index (χ3n) is 2.64. The molecule has 1 amide bonds. The van der Waals surface area contributed by atoms with Gasteiger partial charge in [-0.05, 0) is 24.7 Å². The molecule has 0 aliphatic carbocycles. The van der Waals surface area contributed by atoms with Gasteiger partial charge in [0.25, 0.3) is 5.91 Å². The molecule has 0 atom stereocenters. The number of aromatic nitrogens is 3. The van der Waals surface area contributed by atoms with Gasteiger partial charge in [-0.25, -0.2) is 4.98 Å². The molecule has 3 N–H and O–H groups in total. The lowest BCUT2D eigenvalue weighted by Crippen LogP contribution is -2.14. The summed E-state index contributed by atoms with van der Waals surface area (Å²) in [6.45, 7) is 2.70. The molecule has 0 bridgehead atoms. The molecule has 0 saturated carbocycles. The second-order valence-electron chi connectivity index (χ2n) is 4.14. The van der Waals surface area contributed by atoms with Crippen molar-refractivity contribution in [1.82, 2.24) is 20.5 Å². The summed E-state index contributed by atoms with van der Waals surface area (Å²) in [4.78, 5) is 16.0. The van der Waals surface area contributed by atoms with Crippen molar-refractivity contribution in [3.05, 3.63) is 41.5 Å². The normalized spacial score (nSPS) is 10.4. The monoisotopic (exact) mass is 259 g/mol. The van der Waals surface area contributed by atoms with Crippen LogP contribution in [0.1, 0.15) is 28.9 Å². The van der Waals surface area contributed by atoms with Crippen LogP contribution in [0.2, 0.25) is 0 Å². The first-order valence-corrected chi connectivity index (χ1v) is 6.19. The number of aromatic amines is 1. The van der Waals surface area contributed by atoms with Gasteiger partial charge in [-0.1, -0.05) is 19.1 Å². The van der Waals surface area contributed by atoms with Gasteiger partial charge in [0, 0.05) is 18.7 Å². The van der Waals surface area contributed by atoms with Crippen LogP contribution in [-0.4, -0.2) is 28.1 Å². The molecule has 6 heteroatoms. The van der Waals surface area contributed by atoms with Crippen LogP contribution in [0.5, 0.6) is 0 Å². The summed E-state index contributed by atoms with van der Waals surface area (Å²) in [5.41, 5.74) is 1.84. The second-order valence-corrected chi connectivity index (χ2v) is 4.14. The number of anilines is 1. The molecule has 2 rings (SSSR count). The Morgan fingerprint density at radius 3 is 2.95 bits per heavy atom. The van der Waals surface area contributed by atoms with Gasteiger partial charge in [0.1, 0.15) is 5.82 Å². The van der Waals surface area contributed by atoms with Crippen LogP contribution in [0.4, 0.5) is 5.69 Å². The van der Waals surface area contributed by atoms with Gasteiger partial charge in [-0.15, -0.1) is 5.10 Å². The lowest BCUT2D eigenvalue weighted by Gasteiger charge is -2.05. The Morgan fingerprint density at radius 2 is 2.26 bits per heavy atom. The highest BCUT2D eigenvalue weighted by atomic mass is 16.2. The Labute approximate surface area is 111 Å². The molecule has 0 aliphatic heterocycles. The Hall–Kier alpha value is -2.21. The van der Waals surface area contributed by atoms with E-state index >= 15 is 0 Å². The maximum atomic E-state index is 11.9. The first-order valence-electron chi connectivity index (χ1n) is 6.19. The molecule has 2 aromatic rings. The fraction of sp³-hybridized carbons (Fsp3) is 0.308. The quantitative estimate of drug-likeness (QED) is 0.756. The number of benzene rings is 1. The van der Waals surface area contributed by atoms with Crippen molar-refractivity contribution in [2.24, 2.45) is 0 Å². The molecule has 19 heavy (non-hydrogen) atoms. The average molecular weight is 259 g/mol. The van der Waals surface area contributed by atoms with Crippen LogP contribution < -0.4 is 10.6 Å². The maximum absolute atomic E-state index is 11.9. The zero-order valence-electron chi connectivity index (χ0n) is 11.0. The van der Waals surface area contributed by atoms with E-state index in [2.05, 4.69) is 25.8 Å². The predicted octanol–water partition coefficient (Wildman–Crippen LogP) is 1.34. The van der Waals surface area contributed by atoms with Crippen LogP contribution in [0.15, 0.2) is 24.3 Å². The SMILES string of the molecule is CCc1nc(C(=O)Nc2cccc(CNC)c2)n[nH]1. The van der Waals surface area contributed by atoms with Crippen LogP contribution in [0.3, 0.4) is 0 Å². The number of H-pyrrole nitrogens is 1. The second kappa shape index (κ2) is 6.10. The van der Waals surface area contributed by atoms with Gasteiger partial charge < -0.3 is 10.6 Å². The van der Waals surface area contributed by atoms with Crippen molar-refractivity contribution in [2.45, 2.75) is 19.9 Å². The Morgan fingerprint density at radius 1 is 1.42 bits per heavy atom. The van der Waals surface area contributed by atoms with E-state index in [1.54, 1.807) is 0 Å². The van der Waals surface area contributed by atoms with Crippen molar-refractivity contribution in [3.8, 4) is 0 Å². The van der Waals surface area contributed by atoms with Gasteiger partial charge in [0.05, 0.1) is 0 Å². The predicted molar refractivity (Wildman–Crippen MR) is 72.9 cm³/mol. The Balaban J connectivity index is 2.07. The standard InChI is InChI=1S/C13H17N5O/c1-3-11-16-12(18-17-11)13(19)15-10-6-4-5-9(7-10)8-14-2/h4-7,14H,3,8H2,1-2H3,(H,15,19)(H,16,17,18). The molecular formula is C13H17N5O. The molecule has 0 aliphatic rings. The fourth-order valence-electron chi connectivity index (χ4n) is 1.71. The summed E-state index contributed by atoms with van der Waals surface area (Å²) in [5, 5.41) is 12.5. The van der Waals surface area contributed by atoms with Gasteiger partial charge in [0.15, 0.2) is 0 Å². The van der Waals surface area contributed by atoms with Crippen molar-refractivity contribution >= 4 is 11.6 Å². The van der Waals surface area contributed by atoms with E-state index in [9.17, 15) is 4.79 Å². The van der Waals surface area contributed by atoms with E-state index in [0.29, 0.717) is 5.82 Å². The van der Waals surface area contributed by atoms with Crippen LogP contribution in [0, 0.1) is 0 Å². The molecule has 0 radical (unpaired) electrons. The summed E-state index contributed by atoms with van der Waals surface area (Å²) in [7, 11) is 1.88. The van der Waals surface area contributed by atoms with Crippen molar-refractivity contribution in [2.75, 3.05) is 12.4 Å². The number of amides is 1. The van der Waals surface area contributed by atoms with Crippen molar-refractivity contribution in [3.63, 3.8) is 0 Å². The minimum atomic E-state index is -0.308. The third-order valence-corrected chi connectivity index (χ3v) is 2.64. The number of nitrogens with zero attached hydrogens (tertiary/aromatic N) is 2. The first-order chi connectivity index (χ1) is 9.22. The number of rotatable bonds is 5. The largest absolute Gasteiger partial charge is 0.319 e. The highest BCUT2D eigenvalue weighted by molar-refractivity contribution is 6.01. The van der Waals surface area contributed by atoms with E-state index < -0.39 is 0 Å². The minimum absolute atomic E-state index is 0.163. The Kier molecular flexibility index (Phi) is 4.25. The van der Waals surface area contributed by atoms with Crippen LogP contribution in [-0.2, 0) is 13.0 Å². The highest BCUT2D eigenvalue weighted by Crippen LogP contribution is 2.11. The van der Waals surface area contributed by atoms with E-state index in [4.69, 9.17) is 0 Å². The van der Waals surface area contributed by atoms with Gasteiger partial charge in [-0.2, -0.15) is 0 Å². The average Bonchev–Trinajstić information content (AvgIpc) is 2.88. The lowest BCUT2D eigenvalue weighted by atomic mass is 10.2. The molecule has 0 unspecified atom stereocenters. The summed E-state index contributed by atoms with van der Waals surface area (Å²) < 4.78 is 0. The number of nitrogens with one attached hydrogen (secondary N) is 3. The molecule has 1 heterocycles. The van der Waals surface area contributed by atoms with Gasteiger partial charge in [0.2, 0.25) is 5.82 Å². The van der Waals surface area contributed by atoms with Gasteiger partial charge >= 0.3 is 0 Å². The third kappa shape index (κ3) is 3.38. The van der Waals surface area contributed by atoms with Gasteiger partial charge in [-0.3, -0.25) is 9.89 Å². The number of carbonyl (C=O) groups is 1. The smallest absolute Gasteiger partial charge is 0.295 e. The Bertz CT molecular complexity index is 564. The zero-order valence-corrected chi connectivity index (χ0v) is 11.0. The highest BCUT2D eigenvalue weighted by Gasteiger charge is 2.12. The zero-order chi connectivity index (χ0) is 13.7. The summed E-state index contributed by atoms with van der Waals surface area (Å²) in [6.07, 6.45) is 0.720. The van der Waals surface area contributed by atoms with Crippen molar-refractivity contribution < 1.29 is 4.79 Å². The molecule has 6 nitrogen and oxygen atoms in total. The first kappa shape index (κ1) is 13.2. The van der Waals surface area contributed by atoms with E-state index in [-0.39, 0.29) is 11.7 Å².